The fourth-order valence-electron chi connectivity index (χ4n) is 2.37. The number of hydroxylamine groups is 1. The number of thiocarbonyl (C=S) groups is 1. The maximum absolute atomic E-state index is 12.5. The Morgan fingerprint density at radius 3 is 2.65 bits per heavy atom. The molecule has 1 aromatic rings. The largest absolute Gasteiger partial charge is 0.622 e. The minimum absolute atomic E-state index is 0.258. The van der Waals surface area contributed by atoms with Gasteiger partial charge in [0.15, 0.2) is 6.21 Å². The van der Waals surface area contributed by atoms with Gasteiger partial charge in [-0.05, 0) is 26.0 Å². The van der Waals surface area contributed by atoms with Crippen LogP contribution in [0.3, 0.4) is 0 Å². The molecule has 6 heteroatoms. The van der Waals surface area contributed by atoms with E-state index in [9.17, 15) is 5.21 Å². The summed E-state index contributed by atoms with van der Waals surface area (Å²) in [5.74, 6) is 0.682. The normalized spacial score (nSPS) is 22.2. The van der Waals surface area contributed by atoms with Gasteiger partial charge >= 0.3 is 0 Å². The Hall–Kier alpha value is -1.27. The van der Waals surface area contributed by atoms with Gasteiger partial charge in [-0.2, -0.15) is 4.74 Å². The van der Waals surface area contributed by atoms with Gasteiger partial charge in [0.25, 0.3) is 6.17 Å². The highest BCUT2D eigenvalue weighted by Crippen LogP contribution is 2.40. The van der Waals surface area contributed by atoms with Crippen molar-refractivity contribution in [2.24, 2.45) is 0 Å². The van der Waals surface area contributed by atoms with Crippen LogP contribution in [0, 0.1) is 5.21 Å². The standard InChI is InChI=1S/C14H18N2O2S2/c1-14(2)12(15(3)13(19)20-14)16(17)9-10-7-5-6-8-11(10)18-4/h5-9,12H,1-4H3/b16-9-/t12-/m0/s1. The van der Waals surface area contributed by atoms with E-state index in [-0.39, 0.29) is 10.9 Å². The van der Waals surface area contributed by atoms with Crippen molar-refractivity contribution in [3.63, 3.8) is 0 Å². The maximum Gasteiger partial charge on any atom is 0.254 e. The van der Waals surface area contributed by atoms with Crippen molar-refractivity contribution in [3.8, 4) is 5.75 Å². The maximum atomic E-state index is 12.5. The molecular weight excluding hydrogens is 292 g/mol. The average molecular weight is 310 g/mol. The number of methoxy groups -OCH3 is 1. The van der Waals surface area contributed by atoms with Crippen molar-refractivity contribution in [2.75, 3.05) is 14.2 Å². The molecule has 0 aromatic heterocycles. The van der Waals surface area contributed by atoms with Gasteiger partial charge in [-0.25, -0.2) is 0 Å². The number of benzene rings is 1. The molecule has 20 heavy (non-hydrogen) atoms. The zero-order valence-corrected chi connectivity index (χ0v) is 13.6. The molecule has 1 aliphatic rings. The second kappa shape index (κ2) is 5.61. The van der Waals surface area contributed by atoms with Crippen molar-refractivity contribution < 1.29 is 9.48 Å². The molecule has 1 aliphatic heterocycles. The van der Waals surface area contributed by atoms with E-state index in [2.05, 4.69) is 0 Å². The molecule has 0 N–H and O–H groups in total. The molecule has 4 nitrogen and oxygen atoms in total. The van der Waals surface area contributed by atoms with Crippen LogP contribution in [-0.2, 0) is 0 Å². The summed E-state index contributed by atoms with van der Waals surface area (Å²) in [4.78, 5) is 1.85. The summed E-state index contributed by atoms with van der Waals surface area (Å²) >= 11 is 6.84. The van der Waals surface area contributed by atoms with Crippen LogP contribution in [0.5, 0.6) is 5.75 Å². The van der Waals surface area contributed by atoms with E-state index in [1.165, 1.54) is 0 Å². The van der Waals surface area contributed by atoms with Crippen molar-refractivity contribution in [1.82, 2.24) is 4.90 Å². The van der Waals surface area contributed by atoms with Gasteiger partial charge in [-0.15, -0.1) is 0 Å². The van der Waals surface area contributed by atoms with Gasteiger partial charge in [0, 0.05) is 7.05 Å². The molecule has 1 atom stereocenters. The van der Waals surface area contributed by atoms with E-state index in [0.717, 1.165) is 14.6 Å². The van der Waals surface area contributed by atoms with Crippen LogP contribution < -0.4 is 4.74 Å². The quantitative estimate of drug-likeness (QED) is 0.282. The lowest BCUT2D eigenvalue weighted by Gasteiger charge is -2.27. The summed E-state index contributed by atoms with van der Waals surface area (Å²) in [5.41, 5.74) is 0.761. The van der Waals surface area contributed by atoms with E-state index >= 15 is 0 Å². The lowest BCUT2D eigenvalue weighted by Crippen LogP contribution is -2.46. The van der Waals surface area contributed by atoms with Crippen molar-refractivity contribution in [1.29, 1.82) is 0 Å². The molecule has 1 aromatic carbocycles. The fourth-order valence-corrected chi connectivity index (χ4v) is 4.18. The highest BCUT2D eigenvalue weighted by atomic mass is 32.2. The molecular formula is C14H18N2O2S2. The smallest absolute Gasteiger partial charge is 0.254 e. The second-order valence-electron chi connectivity index (χ2n) is 5.19. The first-order valence-electron chi connectivity index (χ1n) is 6.26. The molecule has 0 bridgehead atoms. The number of para-hydroxylation sites is 1. The zero-order valence-electron chi connectivity index (χ0n) is 12.0. The summed E-state index contributed by atoms with van der Waals surface area (Å²) < 4.78 is 6.72. The Labute approximate surface area is 129 Å². The topological polar surface area (TPSA) is 38.5 Å². The van der Waals surface area contributed by atoms with E-state index in [0.29, 0.717) is 5.75 Å². The van der Waals surface area contributed by atoms with Gasteiger partial charge in [0.1, 0.15) is 14.8 Å². The summed E-state index contributed by atoms with van der Waals surface area (Å²) in [7, 11) is 3.45. The molecule has 0 spiro atoms. The van der Waals surface area contributed by atoms with E-state index in [1.807, 2.05) is 50.1 Å². The van der Waals surface area contributed by atoms with Gasteiger partial charge in [-0.1, -0.05) is 36.1 Å². The predicted molar refractivity (Wildman–Crippen MR) is 87.6 cm³/mol. The number of thioether (sulfide) groups is 1. The molecule has 2 rings (SSSR count). The fraction of sp³-hybridized carbons (Fsp3) is 0.429. The van der Waals surface area contributed by atoms with Crippen LogP contribution in [0.15, 0.2) is 24.3 Å². The SMILES string of the molecule is COc1ccccc1/C=[N+](\[O-])[C@@H]1N(C)C(=S)SC1(C)C. The first-order valence-corrected chi connectivity index (χ1v) is 7.48. The minimum Gasteiger partial charge on any atom is -0.622 e. The van der Waals surface area contributed by atoms with E-state index in [4.69, 9.17) is 17.0 Å². The molecule has 0 radical (unpaired) electrons. The highest BCUT2D eigenvalue weighted by molar-refractivity contribution is 8.24. The van der Waals surface area contributed by atoms with Gasteiger partial charge in [0.05, 0.1) is 12.7 Å². The van der Waals surface area contributed by atoms with Crippen LogP contribution >= 0.6 is 24.0 Å². The lowest BCUT2D eigenvalue weighted by molar-refractivity contribution is -0.522. The number of rotatable bonds is 3. The van der Waals surface area contributed by atoms with Crippen molar-refractivity contribution >= 4 is 34.5 Å². The Kier molecular flexibility index (Phi) is 4.25. The van der Waals surface area contributed by atoms with Crippen molar-refractivity contribution in [2.45, 2.75) is 24.8 Å². The Balaban J connectivity index is 2.37. The minimum atomic E-state index is -0.329. The zero-order chi connectivity index (χ0) is 14.9. The van der Waals surface area contributed by atoms with Gasteiger partial charge < -0.3 is 14.8 Å². The third-order valence-electron chi connectivity index (χ3n) is 3.27. The molecule has 108 valence electrons. The molecule has 0 saturated carbocycles. The first kappa shape index (κ1) is 15.1. The second-order valence-corrected chi connectivity index (χ2v) is 7.48. The summed E-state index contributed by atoms with van der Waals surface area (Å²) in [5, 5.41) is 12.5. The molecule has 1 saturated heterocycles. The predicted octanol–water partition coefficient (Wildman–Crippen LogP) is 2.69. The van der Waals surface area contributed by atoms with Crippen LogP contribution in [0.25, 0.3) is 0 Å². The van der Waals surface area contributed by atoms with Gasteiger partial charge in [0.2, 0.25) is 0 Å². The summed E-state index contributed by atoms with van der Waals surface area (Å²) in [6, 6.07) is 7.45. The Morgan fingerprint density at radius 2 is 2.10 bits per heavy atom. The molecule has 0 unspecified atom stereocenters. The number of nitrogens with zero attached hydrogens (tertiary/aromatic N) is 2. The number of hydrogen-bond acceptors (Lipinski definition) is 4. The average Bonchev–Trinajstić information content (AvgIpc) is 2.58. The van der Waals surface area contributed by atoms with E-state index in [1.54, 1.807) is 25.1 Å². The van der Waals surface area contributed by atoms with Crippen LogP contribution in [0.1, 0.15) is 19.4 Å². The third-order valence-corrected chi connectivity index (χ3v) is 5.01. The highest BCUT2D eigenvalue weighted by Gasteiger charge is 2.48. The number of ether oxygens (including phenoxy) is 1. The summed E-state index contributed by atoms with van der Waals surface area (Å²) in [6.45, 7) is 4.05. The monoisotopic (exact) mass is 310 g/mol. The molecule has 1 fully saturated rings. The number of hydrogen-bond donors (Lipinski definition) is 0. The molecule has 0 aliphatic carbocycles. The van der Waals surface area contributed by atoms with E-state index < -0.39 is 0 Å². The van der Waals surface area contributed by atoms with Gasteiger partial charge in [-0.3, -0.25) is 0 Å². The first-order chi connectivity index (χ1) is 9.36. The third kappa shape index (κ3) is 2.76. The summed E-state index contributed by atoms with van der Waals surface area (Å²) in [6.07, 6.45) is 1.24. The van der Waals surface area contributed by atoms with Crippen LogP contribution in [0.4, 0.5) is 0 Å². The van der Waals surface area contributed by atoms with Crippen LogP contribution in [-0.4, -0.2) is 45.2 Å². The Bertz CT molecular complexity index is 558. The van der Waals surface area contributed by atoms with Crippen molar-refractivity contribution in [3.05, 3.63) is 35.0 Å². The Morgan fingerprint density at radius 1 is 1.45 bits per heavy atom. The van der Waals surface area contributed by atoms with Crippen LogP contribution in [0.2, 0.25) is 0 Å². The lowest BCUT2D eigenvalue weighted by atomic mass is 10.1. The molecule has 0 amide bonds. The molecule has 1 heterocycles.